The molecule has 2 saturated carbocycles. The van der Waals surface area contributed by atoms with Gasteiger partial charge in [0.25, 0.3) is 0 Å². The first kappa shape index (κ1) is 27.3. The van der Waals surface area contributed by atoms with Crippen LogP contribution in [0.25, 0.3) is 11.2 Å². The highest BCUT2D eigenvalue weighted by Gasteiger charge is 2.25. The molecule has 4 N–H and O–H groups in total. The number of benzene rings is 1. The van der Waals surface area contributed by atoms with E-state index in [9.17, 15) is 8.78 Å². The van der Waals surface area contributed by atoms with Crippen molar-refractivity contribution in [3.05, 3.63) is 41.7 Å². The predicted molar refractivity (Wildman–Crippen MR) is 135 cm³/mol. The summed E-state index contributed by atoms with van der Waals surface area (Å²) in [6.07, 6.45) is 7.66. The van der Waals surface area contributed by atoms with E-state index < -0.39 is 23.5 Å². The highest BCUT2D eigenvalue weighted by molar-refractivity contribution is 5.86. The van der Waals surface area contributed by atoms with Crippen molar-refractivity contribution in [1.29, 1.82) is 0 Å². The predicted octanol–water partition coefficient (Wildman–Crippen LogP) is 5.83. The summed E-state index contributed by atoms with van der Waals surface area (Å²) < 4.78 is 44.9. The number of anilines is 2. The summed E-state index contributed by atoms with van der Waals surface area (Å²) in [7, 11) is 0. The van der Waals surface area contributed by atoms with Crippen molar-refractivity contribution in [2.45, 2.75) is 75.8 Å². The van der Waals surface area contributed by atoms with Crippen LogP contribution in [0.1, 0.15) is 69.3 Å². The maximum Gasteiger partial charge on any atom is 0.227 e. The van der Waals surface area contributed by atoms with E-state index >= 15 is 4.39 Å². The van der Waals surface area contributed by atoms with Crippen molar-refractivity contribution >= 4 is 47.7 Å². The minimum Gasteiger partial charge on any atom is -0.351 e. The van der Waals surface area contributed by atoms with Crippen LogP contribution in [0, 0.1) is 11.6 Å². The van der Waals surface area contributed by atoms with Crippen LogP contribution < -0.4 is 16.4 Å². The second-order valence-electron chi connectivity index (χ2n) is 9.06. The Morgan fingerprint density at radius 1 is 1.00 bits per heavy atom. The van der Waals surface area contributed by atoms with Gasteiger partial charge in [0, 0.05) is 23.7 Å². The van der Waals surface area contributed by atoms with E-state index in [1.54, 1.807) is 6.33 Å². The molecule has 0 amide bonds. The zero-order valence-corrected chi connectivity index (χ0v) is 20.7. The van der Waals surface area contributed by atoms with Gasteiger partial charge in [-0.15, -0.1) is 24.8 Å². The lowest BCUT2D eigenvalue weighted by atomic mass is 9.92. The second-order valence-corrected chi connectivity index (χ2v) is 9.06. The number of imidazole rings is 1. The van der Waals surface area contributed by atoms with Gasteiger partial charge in [-0.05, 0) is 44.6 Å². The summed E-state index contributed by atoms with van der Waals surface area (Å²) in [6.45, 7) is 0. The summed E-state index contributed by atoms with van der Waals surface area (Å²) in [5, 5.41) is 5.96. The van der Waals surface area contributed by atoms with Crippen LogP contribution in [-0.2, 0) is 0 Å². The fourth-order valence-corrected chi connectivity index (χ4v) is 4.89. The Morgan fingerprint density at radius 3 is 2.43 bits per heavy atom. The van der Waals surface area contributed by atoms with E-state index in [0.717, 1.165) is 57.4 Å². The quantitative estimate of drug-likeness (QED) is 0.346. The monoisotopic (exact) mass is 531 g/mol. The van der Waals surface area contributed by atoms with Gasteiger partial charge in [-0.2, -0.15) is 9.97 Å². The van der Waals surface area contributed by atoms with Crippen LogP contribution in [0.15, 0.2) is 24.5 Å². The molecule has 2 heterocycles. The van der Waals surface area contributed by atoms with Crippen LogP contribution in [0.3, 0.4) is 0 Å². The van der Waals surface area contributed by atoms with Gasteiger partial charge in [-0.1, -0.05) is 25.0 Å². The number of nitrogens with zero attached hydrogens (tertiary/aromatic N) is 4. The summed E-state index contributed by atoms with van der Waals surface area (Å²) in [4.78, 5) is 13.6. The lowest BCUT2D eigenvalue weighted by Gasteiger charge is -2.27. The van der Waals surface area contributed by atoms with Crippen molar-refractivity contribution in [2.24, 2.45) is 5.73 Å². The lowest BCUT2D eigenvalue weighted by Crippen LogP contribution is -2.33. The Hall–Kier alpha value is -2.30. The highest BCUT2D eigenvalue weighted by atomic mass is 35.5. The van der Waals surface area contributed by atoms with Crippen LogP contribution in [0.4, 0.5) is 24.9 Å². The maximum atomic E-state index is 15.1. The van der Waals surface area contributed by atoms with Gasteiger partial charge in [-0.3, -0.25) is 0 Å². The van der Waals surface area contributed by atoms with Gasteiger partial charge in [0.2, 0.25) is 5.95 Å². The Balaban J connectivity index is 0.00000171. The van der Waals surface area contributed by atoms with Crippen LogP contribution in [0.2, 0.25) is 0 Å². The van der Waals surface area contributed by atoms with Crippen LogP contribution >= 0.6 is 24.8 Å². The minimum absolute atomic E-state index is 0. The van der Waals surface area contributed by atoms with Crippen molar-refractivity contribution in [3.8, 4) is 0 Å². The molecule has 0 aliphatic heterocycles. The molecule has 3 aromatic rings. The third-order valence-corrected chi connectivity index (χ3v) is 6.76. The molecule has 2 aromatic heterocycles. The molecule has 2 aliphatic rings. The maximum absolute atomic E-state index is 15.1. The second kappa shape index (κ2) is 11.6. The first-order chi connectivity index (χ1) is 16.0. The molecule has 7 nitrogen and oxygen atoms in total. The number of nitrogens with two attached hydrogens (primary N) is 1. The zero-order chi connectivity index (χ0) is 22.9. The number of hydrogen-bond donors (Lipinski definition) is 3. The Morgan fingerprint density at radius 2 is 1.71 bits per heavy atom. The smallest absolute Gasteiger partial charge is 0.227 e. The molecule has 35 heavy (non-hydrogen) atoms. The fraction of sp³-hybridized carbons (Fsp3) is 0.522. The third-order valence-electron chi connectivity index (χ3n) is 6.76. The summed E-state index contributed by atoms with van der Waals surface area (Å²) in [5.74, 6) is -1.83. The van der Waals surface area contributed by atoms with Crippen molar-refractivity contribution in [3.63, 3.8) is 0 Å². The Bertz CT molecular complexity index is 1130. The number of rotatable bonds is 6. The van der Waals surface area contributed by atoms with Crippen molar-refractivity contribution in [2.75, 3.05) is 10.6 Å². The van der Waals surface area contributed by atoms with Crippen molar-refractivity contribution < 1.29 is 13.2 Å². The van der Waals surface area contributed by atoms with Gasteiger partial charge < -0.3 is 20.9 Å². The summed E-state index contributed by atoms with van der Waals surface area (Å²) >= 11 is 0. The molecule has 5 rings (SSSR count). The number of halogens is 5. The number of alkyl halides is 1. The molecule has 2 fully saturated rings. The molecule has 12 heteroatoms. The van der Waals surface area contributed by atoms with Gasteiger partial charge in [0.1, 0.15) is 0 Å². The van der Waals surface area contributed by atoms with E-state index in [4.69, 9.17) is 10.7 Å². The minimum atomic E-state index is -2.00. The van der Waals surface area contributed by atoms with Crippen LogP contribution in [0.5, 0.6) is 0 Å². The molecular formula is C23H30Cl2F3N7. The van der Waals surface area contributed by atoms with E-state index in [-0.39, 0.29) is 48.8 Å². The summed E-state index contributed by atoms with van der Waals surface area (Å²) in [5.41, 5.74) is 6.59. The van der Waals surface area contributed by atoms with Crippen LogP contribution in [-0.4, -0.2) is 31.6 Å². The number of hydrogen-bond acceptors (Lipinski definition) is 6. The van der Waals surface area contributed by atoms with E-state index in [2.05, 4.69) is 20.6 Å². The first-order valence-corrected chi connectivity index (χ1v) is 11.6. The van der Waals surface area contributed by atoms with Gasteiger partial charge in [0.05, 0.1) is 6.33 Å². The summed E-state index contributed by atoms with van der Waals surface area (Å²) in [6, 6.07) is 4.08. The topological polar surface area (TPSA) is 93.7 Å². The lowest BCUT2D eigenvalue weighted by molar-refractivity contribution is 0.363. The Labute approximate surface area is 214 Å². The number of aromatic nitrogens is 4. The SMILES string of the molecule is Cl.Cl.NC1CCC(Nc2nc(NC(F)c3cccc(F)c3F)c3ncn(C4CCCC4)c3n2)CC1. The largest absolute Gasteiger partial charge is 0.351 e. The molecule has 2 aliphatic carbocycles. The molecule has 0 saturated heterocycles. The molecule has 192 valence electrons. The molecule has 0 spiro atoms. The number of nitrogens with one attached hydrogen (secondary N) is 2. The molecule has 1 unspecified atom stereocenters. The zero-order valence-electron chi connectivity index (χ0n) is 19.1. The standard InChI is InChI=1S/C23H28F3N7.2ClH/c24-17-7-3-6-16(18(17)25)20(26)30-21-19-22(33(12-28-19)15-4-1-2-5-15)32-23(31-21)29-14-10-8-13(27)9-11-14;;/h3,6-7,12-15,20H,1-2,4-5,8-11,27H2,(H2,29,30,31,32);2*1H. The molecule has 1 aromatic carbocycles. The van der Waals surface area contributed by atoms with E-state index in [1.165, 1.54) is 12.1 Å². The average molecular weight is 532 g/mol. The third kappa shape index (κ3) is 5.76. The van der Waals surface area contributed by atoms with Gasteiger partial charge >= 0.3 is 0 Å². The molecular weight excluding hydrogens is 502 g/mol. The average Bonchev–Trinajstić information content (AvgIpc) is 3.47. The fourth-order valence-electron chi connectivity index (χ4n) is 4.89. The van der Waals surface area contributed by atoms with E-state index in [1.807, 2.05) is 4.57 Å². The normalized spacial score (nSPS) is 21.3. The van der Waals surface area contributed by atoms with Gasteiger partial charge in [-0.25, -0.2) is 18.2 Å². The first-order valence-electron chi connectivity index (χ1n) is 11.6. The Kier molecular flexibility index (Phi) is 9.06. The van der Waals surface area contributed by atoms with Crippen molar-refractivity contribution in [1.82, 2.24) is 19.5 Å². The molecule has 0 radical (unpaired) electrons. The molecule has 1 atom stereocenters. The highest BCUT2D eigenvalue weighted by Crippen LogP contribution is 2.34. The van der Waals surface area contributed by atoms with E-state index in [0.29, 0.717) is 17.1 Å². The van der Waals surface area contributed by atoms with Gasteiger partial charge in [0.15, 0.2) is 34.9 Å². The molecule has 0 bridgehead atoms. The number of fused-ring (bicyclic) bond motifs is 1.